The van der Waals surface area contributed by atoms with Gasteiger partial charge in [0.2, 0.25) is 0 Å². The molecule has 0 fully saturated rings. The van der Waals surface area contributed by atoms with Crippen molar-refractivity contribution < 1.29 is 18.9 Å². The van der Waals surface area contributed by atoms with Crippen molar-refractivity contribution in [3.63, 3.8) is 0 Å². The molecule has 0 aliphatic carbocycles. The van der Waals surface area contributed by atoms with Gasteiger partial charge in [0.1, 0.15) is 24.7 Å². The van der Waals surface area contributed by atoms with Crippen LogP contribution in [0.15, 0.2) is 58.5 Å². The van der Waals surface area contributed by atoms with Crippen LogP contribution in [0.1, 0.15) is 12.8 Å². The molecule has 2 N–H and O–H groups in total. The molecule has 0 saturated heterocycles. The second kappa shape index (κ2) is 11.2. The fourth-order valence-electron chi connectivity index (χ4n) is 3.11. The van der Waals surface area contributed by atoms with Gasteiger partial charge in [0.25, 0.3) is 0 Å². The van der Waals surface area contributed by atoms with Gasteiger partial charge < -0.3 is 18.9 Å². The molecule has 2 aliphatic rings. The van der Waals surface area contributed by atoms with Crippen LogP contribution in [0.5, 0.6) is 11.5 Å². The first-order valence-electron chi connectivity index (χ1n) is 10.3. The Bertz CT molecular complexity index is 972. The lowest BCUT2D eigenvalue weighted by atomic mass is 10.2. The predicted octanol–water partition coefficient (Wildman–Crippen LogP) is 3.84. The number of halogens is 2. The van der Waals surface area contributed by atoms with Crippen LogP contribution in [-0.2, 0) is 9.47 Å². The SMILES string of the molecule is Clc1cccc(OCCC2COC(NNC3=N[C@@H](CCOc4ccccc4Cl)CO3)=N2)c1. The van der Waals surface area contributed by atoms with E-state index in [1.807, 2.05) is 36.4 Å². The summed E-state index contributed by atoms with van der Waals surface area (Å²) in [6, 6.07) is 15.5. The molecule has 1 unspecified atom stereocenters. The van der Waals surface area contributed by atoms with Crippen molar-refractivity contribution in [1.29, 1.82) is 0 Å². The summed E-state index contributed by atoms with van der Waals surface area (Å²) in [5.74, 6) is 1.41. The molecule has 2 aliphatic heterocycles. The first-order chi connectivity index (χ1) is 15.7. The van der Waals surface area contributed by atoms with Crippen LogP contribution in [0.25, 0.3) is 0 Å². The number of hydrazine groups is 1. The molecule has 2 aromatic rings. The summed E-state index contributed by atoms with van der Waals surface area (Å²) in [5, 5.41) is 1.24. The zero-order chi connectivity index (χ0) is 22.2. The third-order valence-corrected chi connectivity index (χ3v) is 5.31. The van der Waals surface area contributed by atoms with Gasteiger partial charge in [0, 0.05) is 17.9 Å². The summed E-state index contributed by atoms with van der Waals surface area (Å²) in [6.07, 6.45) is 1.44. The minimum Gasteiger partial charge on any atom is -0.493 e. The van der Waals surface area contributed by atoms with Crippen LogP contribution < -0.4 is 20.3 Å². The van der Waals surface area contributed by atoms with Crippen LogP contribution in [0, 0.1) is 0 Å². The lowest BCUT2D eigenvalue weighted by Crippen LogP contribution is -2.41. The molecule has 2 atom stereocenters. The van der Waals surface area contributed by atoms with Gasteiger partial charge in [-0.2, -0.15) is 0 Å². The molecule has 2 aromatic carbocycles. The highest BCUT2D eigenvalue weighted by Gasteiger charge is 2.22. The summed E-state index contributed by atoms with van der Waals surface area (Å²) in [4.78, 5) is 8.96. The number of aliphatic imine (C=N–C) groups is 2. The van der Waals surface area contributed by atoms with Gasteiger partial charge >= 0.3 is 12.0 Å². The van der Waals surface area contributed by atoms with Gasteiger partial charge in [0.05, 0.1) is 30.3 Å². The third kappa shape index (κ3) is 6.58. The number of hydrogen-bond donors (Lipinski definition) is 2. The molecule has 0 aromatic heterocycles. The van der Waals surface area contributed by atoms with Crippen LogP contribution >= 0.6 is 23.2 Å². The minimum absolute atomic E-state index is 0.00427. The highest BCUT2D eigenvalue weighted by Crippen LogP contribution is 2.23. The fraction of sp³-hybridized carbons (Fsp3) is 0.364. The van der Waals surface area contributed by atoms with Crippen molar-refractivity contribution in [3.8, 4) is 11.5 Å². The summed E-state index contributed by atoms with van der Waals surface area (Å²) in [6.45, 7) is 1.98. The standard InChI is InChI=1S/C22H24Cl2N4O4/c23-15-4-3-5-18(12-15)29-10-8-16-13-31-21(25-16)27-28-22-26-17(14-32-22)9-11-30-20-7-2-1-6-19(20)24/h1-7,12,16-17H,8-11,13-14H2,(H,25,27)(H,26,28)/t16?,17-/m0/s1. The average molecular weight is 479 g/mol. The van der Waals surface area contributed by atoms with Crippen molar-refractivity contribution in [1.82, 2.24) is 10.9 Å². The van der Waals surface area contributed by atoms with E-state index in [1.165, 1.54) is 0 Å². The molecule has 10 heteroatoms. The van der Waals surface area contributed by atoms with Crippen molar-refractivity contribution in [2.24, 2.45) is 9.98 Å². The molecule has 0 bridgehead atoms. The Hall–Kier alpha value is -2.84. The fourth-order valence-corrected chi connectivity index (χ4v) is 3.48. The van der Waals surface area contributed by atoms with E-state index < -0.39 is 0 Å². The smallest absolute Gasteiger partial charge is 0.304 e. The van der Waals surface area contributed by atoms with E-state index in [-0.39, 0.29) is 12.1 Å². The largest absolute Gasteiger partial charge is 0.493 e. The van der Waals surface area contributed by atoms with Gasteiger partial charge in [-0.15, -0.1) is 0 Å². The average Bonchev–Trinajstić information content (AvgIpc) is 3.43. The maximum Gasteiger partial charge on any atom is 0.304 e. The summed E-state index contributed by atoms with van der Waals surface area (Å²) in [7, 11) is 0. The van der Waals surface area contributed by atoms with Crippen LogP contribution in [0.2, 0.25) is 10.0 Å². The van der Waals surface area contributed by atoms with Gasteiger partial charge in [0.15, 0.2) is 0 Å². The topological polar surface area (TPSA) is 85.7 Å². The summed E-state index contributed by atoms with van der Waals surface area (Å²) >= 11 is 12.0. The highest BCUT2D eigenvalue weighted by atomic mass is 35.5. The van der Waals surface area contributed by atoms with Crippen molar-refractivity contribution in [2.45, 2.75) is 24.9 Å². The van der Waals surface area contributed by atoms with Crippen LogP contribution in [-0.4, -0.2) is 50.6 Å². The van der Waals surface area contributed by atoms with E-state index in [2.05, 4.69) is 20.8 Å². The molecule has 2 heterocycles. The predicted molar refractivity (Wildman–Crippen MR) is 124 cm³/mol. The Kier molecular flexibility index (Phi) is 7.79. The van der Waals surface area contributed by atoms with Gasteiger partial charge in [-0.25, -0.2) is 20.8 Å². The number of amidine groups is 2. The molecule has 4 rings (SSSR count). The van der Waals surface area contributed by atoms with Crippen molar-refractivity contribution in [3.05, 3.63) is 58.6 Å². The van der Waals surface area contributed by atoms with E-state index >= 15 is 0 Å². The normalized spacial score (nSPS) is 19.4. The zero-order valence-corrected chi connectivity index (χ0v) is 18.8. The molecular formula is C22H24Cl2N4O4. The van der Waals surface area contributed by atoms with Crippen LogP contribution in [0.3, 0.4) is 0 Å². The summed E-state index contributed by atoms with van der Waals surface area (Å²) in [5.41, 5.74) is 5.79. The quantitative estimate of drug-likeness (QED) is 0.560. The lowest BCUT2D eigenvalue weighted by molar-refractivity contribution is 0.254. The molecule has 0 radical (unpaired) electrons. The molecule has 170 valence electrons. The number of para-hydroxylation sites is 1. The van der Waals surface area contributed by atoms with E-state index in [9.17, 15) is 0 Å². The highest BCUT2D eigenvalue weighted by molar-refractivity contribution is 6.32. The van der Waals surface area contributed by atoms with Gasteiger partial charge in [-0.05, 0) is 30.3 Å². The second-order valence-corrected chi connectivity index (χ2v) is 8.05. The Morgan fingerprint density at radius 2 is 1.50 bits per heavy atom. The monoisotopic (exact) mass is 478 g/mol. The van der Waals surface area contributed by atoms with Gasteiger partial charge in [-0.3, -0.25) is 0 Å². The second-order valence-electron chi connectivity index (χ2n) is 7.21. The van der Waals surface area contributed by atoms with Crippen molar-refractivity contribution in [2.75, 3.05) is 26.4 Å². The molecule has 32 heavy (non-hydrogen) atoms. The zero-order valence-electron chi connectivity index (χ0n) is 17.3. The Balaban J connectivity index is 1.13. The Morgan fingerprint density at radius 1 is 0.844 bits per heavy atom. The minimum atomic E-state index is 0.00427. The number of ether oxygens (including phenoxy) is 4. The molecule has 0 saturated carbocycles. The van der Waals surface area contributed by atoms with Crippen LogP contribution in [0.4, 0.5) is 0 Å². The Labute approximate surface area is 196 Å². The lowest BCUT2D eigenvalue weighted by Gasteiger charge is -2.08. The maximum atomic E-state index is 6.09. The van der Waals surface area contributed by atoms with E-state index in [1.54, 1.807) is 12.1 Å². The molecular weight excluding hydrogens is 455 g/mol. The molecule has 0 spiro atoms. The number of benzene rings is 2. The first kappa shape index (κ1) is 22.4. The first-order valence-corrected chi connectivity index (χ1v) is 11.1. The van der Waals surface area contributed by atoms with Crippen molar-refractivity contribution >= 4 is 35.2 Å². The van der Waals surface area contributed by atoms with Gasteiger partial charge in [-0.1, -0.05) is 41.4 Å². The summed E-state index contributed by atoms with van der Waals surface area (Å²) < 4.78 is 22.5. The van der Waals surface area contributed by atoms with E-state index in [0.29, 0.717) is 60.7 Å². The number of nitrogens with one attached hydrogen (secondary N) is 2. The maximum absolute atomic E-state index is 6.09. The number of hydrogen-bond acceptors (Lipinski definition) is 8. The van der Waals surface area contributed by atoms with E-state index in [4.69, 9.17) is 42.1 Å². The molecule has 8 nitrogen and oxygen atoms in total. The number of nitrogens with zero attached hydrogens (tertiary/aromatic N) is 2. The Morgan fingerprint density at radius 3 is 2.16 bits per heavy atom. The third-order valence-electron chi connectivity index (χ3n) is 4.76. The van der Waals surface area contributed by atoms with E-state index in [0.717, 1.165) is 12.2 Å². The molecule has 0 amide bonds. The number of rotatable bonds is 8.